The number of aromatic nitrogens is 1. The van der Waals surface area contributed by atoms with Gasteiger partial charge in [-0.15, -0.1) is 0 Å². The molecule has 3 heterocycles. The minimum atomic E-state index is -0.782. The third kappa shape index (κ3) is 5.29. The summed E-state index contributed by atoms with van der Waals surface area (Å²) in [5, 5.41) is 14.1. The van der Waals surface area contributed by atoms with Crippen LogP contribution in [0.15, 0.2) is 10.7 Å². The van der Waals surface area contributed by atoms with Gasteiger partial charge in [0.05, 0.1) is 5.60 Å². The Morgan fingerprint density at radius 3 is 2.67 bits per heavy atom. The van der Waals surface area contributed by atoms with Crippen LogP contribution in [-0.4, -0.2) is 76.1 Å². The largest absolute Gasteiger partial charge is 0.448 e. The third-order valence-corrected chi connectivity index (χ3v) is 5.56. The molecule has 2 amide bonds. The fraction of sp³-hybridized carbons (Fsp3) is 0.737. The Kier molecular flexibility index (Phi) is 6.16. The average Bonchev–Trinajstić information content (AvgIpc) is 2.95. The summed E-state index contributed by atoms with van der Waals surface area (Å²) in [7, 11) is 0. The molecule has 1 aromatic heterocycles. The summed E-state index contributed by atoms with van der Waals surface area (Å²) in [6.45, 7) is 6.76. The van der Waals surface area contributed by atoms with E-state index in [1.54, 1.807) is 18.7 Å². The van der Waals surface area contributed by atoms with Crippen LogP contribution in [-0.2, 0) is 4.79 Å². The molecule has 0 aromatic carbocycles. The second-order valence-electron chi connectivity index (χ2n) is 7.87. The summed E-state index contributed by atoms with van der Waals surface area (Å²) >= 11 is 0. The van der Waals surface area contributed by atoms with Crippen molar-refractivity contribution in [1.29, 1.82) is 0 Å². The monoisotopic (exact) mass is 378 g/mol. The molecule has 0 bridgehead atoms. The van der Waals surface area contributed by atoms with Crippen LogP contribution in [0.4, 0.5) is 0 Å². The zero-order valence-electron chi connectivity index (χ0n) is 16.2. The summed E-state index contributed by atoms with van der Waals surface area (Å²) < 4.78 is 5.14. The van der Waals surface area contributed by atoms with E-state index >= 15 is 0 Å². The number of piperidine rings is 1. The van der Waals surface area contributed by atoms with Crippen molar-refractivity contribution in [2.75, 3.05) is 32.7 Å². The number of hydrogen-bond acceptors (Lipinski definition) is 6. The molecule has 2 saturated heterocycles. The van der Waals surface area contributed by atoms with Crippen LogP contribution in [0.1, 0.15) is 55.4 Å². The molecule has 0 unspecified atom stereocenters. The minimum absolute atomic E-state index is 0.0166. The molecule has 0 saturated carbocycles. The SMILES string of the molecule is CC(=O)NC1CCN(C[C@]2(O)CCCN(C(=O)c3coc(C)n3)CC2)CC1. The second-order valence-corrected chi connectivity index (χ2v) is 7.87. The molecule has 27 heavy (non-hydrogen) atoms. The fourth-order valence-electron chi connectivity index (χ4n) is 4.10. The molecular formula is C19H30N4O4. The zero-order valence-corrected chi connectivity index (χ0v) is 16.2. The number of carbonyl (C=O) groups is 2. The molecule has 8 heteroatoms. The van der Waals surface area contributed by atoms with Crippen molar-refractivity contribution in [3.8, 4) is 0 Å². The van der Waals surface area contributed by atoms with Gasteiger partial charge in [0.2, 0.25) is 5.91 Å². The lowest BCUT2D eigenvalue weighted by Crippen LogP contribution is -2.50. The molecule has 2 fully saturated rings. The van der Waals surface area contributed by atoms with Gasteiger partial charge in [0.15, 0.2) is 11.6 Å². The van der Waals surface area contributed by atoms with Crippen LogP contribution in [0.3, 0.4) is 0 Å². The molecule has 2 aliphatic rings. The Morgan fingerprint density at radius 1 is 1.30 bits per heavy atom. The first-order valence-corrected chi connectivity index (χ1v) is 9.78. The number of aryl methyl sites for hydroxylation is 1. The quantitative estimate of drug-likeness (QED) is 0.809. The maximum Gasteiger partial charge on any atom is 0.275 e. The molecular weight excluding hydrogens is 348 g/mol. The molecule has 8 nitrogen and oxygen atoms in total. The number of rotatable bonds is 4. The van der Waals surface area contributed by atoms with Crippen molar-refractivity contribution < 1.29 is 19.1 Å². The normalized spacial score (nSPS) is 25.2. The molecule has 0 aliphatic carbocycles. The van der Waals surface area contributed by atoms with E-state index < -0.39 is 5.60 Å². The zero-order chi connectivity index (χ0) is 19.4. The number of likely N-dealkylation sites (tertiary alicyclic amines) is 2. The Morgan fingerprint density at radius 2 is 2.04 bits per heavy atom. The number of aliphatic hydroxyl groups is 1. The van der Waals surface area contributed by atoms with Gasteiger partial charge in [-0.1, -0.05) is 0 Å². The van der Waals surface area contributed by atoms with Gasteiger partial charge in [0.1, 0.15) is 6.26 Å². The van der Waals surface area contributed by atoms with E-state index in [0.29, 0.717) is 44.1 Å². The average molecular weight is 378 g/mol. The number of oxazole rings is 1. The first-order valence-electron chi connectivity index (χ1n) is 9.78. The number of carbonyl (C=O) groups excluding carboxylic acids is 2. The van der Waals surface area contributed by atoms with Gasteiger partial charge < -0.3 is 24.6 Å². The molecule has 150 valence electrons. The number of nitrogens with one attached hydrogen (secondary N) is 1. The number of nitrogens with zero attached hydrogens (tertiary/aromatic N) is 3. The van der Waals surface area contributed by atoms with E-state index in [2.05, 4.69) is 15.2 Å². The maximum atomic E-state index is 12.6. The van der Waals surface area contributed by atoms with Crippen molar-refractivity contribution in [2.45, 2.75) is 57.6 Å². The summed E-state index contributed by atoms with van der Waals surface area (Å²) in [4.78, 5) is 31.9. The number of hydrogen-bond donors (Lipinski definition) is 2. The van der Waals surface area contributed by atoms with E-state index in [4.69, 9.17) is 4.42 Å². The van der Waals surface area contributed by atoms with Crippen molar-refractivity contribution in [3.05, 3.63) is 17.8 Å². The van der Waals surface area contributed by atoms with Crippen molar-refractivity contribution in [2.24, 2.45) is 0 Å². The third-order valence-electron chi connectivity index (χ3n) is 5.56. The molecule has 0 radical (unpaired) electrons. The molecule has 3 rings (SSSR count). The summed E-state index contributed by atoms with van der Waals surface area (Å²) in [6.07, 6.45) is 5.22. The Bertz CT molecular complexity index is 668. The summed E-state index contributed by atoms with van der Waals surface area (Å²) in [5.41, 5.74) is -0.451. The highest BCUT2D eigenvalue weighted by atomic mass is 16.3. The van der Waals surface area contributed by atoms with E-state index in [-0.39, 0.29) is 17.9 Å². The topological polar surface area (TPSA) is 98.9 Å². The van der Waals surface area contributed by atoms with Gasteiger partial charge in [-0.05, 0) is 32.1 Å². The number of amides is 2. The number of β-amino-alcohol motifs (C(OH)–C–C–N with tert-alkyl or cyclic N) is 1. The van der Waals surface area contributed by atoms with Crippen LogP contribution in [0.2, 0.25) is 0 Å². The highest BCUT2D eigenvalue weighted by Gasteiger charge is 2.35. The predicted molar refractivity (Wildman–Crippen MR) is 99.2 cm³/mol. The van der Waals surface area contributed by atoms with Gasteiger partial charge in [-0.2, -0.15) is 0 Å². The van der Waals surface area contributed by atoms with E-state index in [9.17, 15) is 14.7 Å². The van der Waals surface area contributed by atoms with Crippen molar-refractivity contribution in [3.63, 3.8) is 0 Å². The minimum Gasteiger partial charge on any atom is -0.448 e. The Labute approximate surface area is 159 Å². The lowest BCUT2D eigenvalue weighted by atomic mass is 9.93. The van der Waals surface area contributed by atoms with Crippen molar-refractivity contribution in [1.82, 2.24) is 20.1 Å². The van der Waals surface area contributed by atoms with Gasteiger partial charge >= 0.3 is 0 Å². The maximum absolute atomic E-state index is 12.6. The van der Waals surface area contributed by atoms with E-state index in [1.807, 2.05) is 0 Å². The Hall–Kier alpha value is -1.93. The molecule has 2 N–H and O–H groups in total. The summed E-state index contributed by atoms with van der Waals surface area (Å²) in [5.74, 6) is 0.363. The fourth-order valence-corrected chi connectivity index (χ4v) is 4.10. The van der Waals surface area contributed by atoms with Gasteiger partial charge in [-0.3, -0.25) is 9.59 Å². The summed E-state index contributed by atoms with van der Waals surface area (Å²) in [6, 6.07) is 0.238. The van der Waals surface area contributed by atoms with Crippen molar-refractivity contribution >= 4 is 11.8 Å². The lowest BCUT2D eigenvalue weighted by Gasteiger charge is -2.38. The molecule has 1 atom stereocenters. The van der Waals surface area contributed by atoms with E-state index in [1.165, 1.54) is 6.26 Å². The first-order chi connectivity index (χ1) is 12.8. The van der Waals surface area contributed by atoms with Crippen LogP contribution in [0, 0.1) is 6.92 Å². The van der Waals surface area contributed by atoms with Crippen LogP contribution in [0.25, 0.3) is 0 Å². The molecule has 2 aliphatic heterocycles. The highest BCUT2D eigenvalue weighted by molar-refractivity contribution is 5.92. The van der Waals surface area contributed by atoms with E-state index in [0.717, 1.165) is 32.4 Å². The van der Waals surface area contributed by atoms with Crippen LogP contribution < -0.4 is 5.32 Å². The standard InChI is InChI=1S/C19H30N4O4/c1-14(24)20-16-4-9-22(10-5-16)13-19(26)6-3-8-23(11-7-19)18(25)17-12-27-15(2)21-17/h12,16,26H,3-11,13H2,1-2H3,(H,20,24)/t19-/m0/s1. The Balaban J connectivity index is 1.51. The predicted octanol–water partition coefficient (Wildman–Crippen LogP) is 0.941. The van der Waals surface area contributed by atoms with Crippen LogP contribution >= 0.6 is 0 Å². The first kappa shape index (κ1) is 19.8. The highest BCUT2D eigenvalue weighted by Crippen LogP contribution is 2.26. The van der Waals surface area contributed by atoms with Gasteiger partial charge in [0, 0.05) is 52.6 Å². The molecule has 1 aromatic rings. The smallest absolute Gasteiger partial charge is 0.275 e. The van der Waals surface area contributed by atoms with Gasteiger partial charge in [-0.25, -0.2) is 4.98 Å². The lowest BCUT2D eigenvalue weighted by molar-refractivity contribution is -0.120. The molecule has 0 spiro atoms. The van der Waals surface area contributed by atoms with Gasteiger partial charge in [0.25, 0.3) is 5.91 Å². The second kappa shape index (κ2) is 8.39. The van der Waals surface area contributed by atoms with Crippen LogP contribution in [0.5, 0.6) is 0 Å².